The van der Waals surface area contributed by atoms with Crippen LogP contribution in [0.15, 0.2) is 121 Å². The van der Waals surface area contributed by atoms with Crippen LogP contribution in [0.3, 0.4) is 0 Å². The van der Waals surface area contributed by atoms with Crippen LogP contribution < -0.4 is 59.1 Å². The summed E-state index contributed by atoms with van der Waals surface area (Å²) in [5, 5.41) is 38.3. The number of benzene rings is 5. The van der Waals surface area contributed by atoms with E-state index in [4.69, 9.17) is 4.98 Å². The Bertz CT molecular complexity index is 2790. The molecule has 2 aromatic heterocycles. The fourth-order valence-corrected chi connectivity index (χ4v) is 8.75. The number of aromatic nitrogens is 2. The van der Waals surface area contributed by atoms with E-state index in [0.717, 1.165) is 49.8 Å². The third-order valence-electron chi connectivity index (χ3n) is 7.48. The minimum Gasteiger partial charge on any atom is -0.744 e. The Morgan fingerprint density at radius 2 is 1.23 bits per heavy atom. The van der Waals surface area contributed by atoms with Gasteiger partial charge in [0.25, 0.3) is 0 Å². The van der Waals surface area contributed by atoms with Crippen molar-refractivity contribution in [3.63, 3.8) is 0 Å². The second kappa shape index (κ2) is 16.1. The molecule has 0 aliphatic heterocycles. The second-order valence-corrected chi connectivity index (χ2v) is 15.7. The van der Waals surface area contributed by atoms with E-state index in [1.54, 1.807) is 43.3 Å². The second-order valence-electron chi connectivity index (χ2n) is 10.9. The number of rotatable bonds is 8. The van der Waals surface area contributed by atoms with Gasteiger partial charge in [-0.05, 0) is 97.4 Å². The molecule has 256 valence electrons. The summed E-state index contributed by atoms with van der Waals surface area (Å²) in [6.07, 6.45) is 0. The molecule has 14 nitrogen and oxygen atoms in total. The molecule has 20 heteroatoms. The Hall–Kier alpha value is -3.50. The van der Waals surface area contributed by atoms with E-state index in [2.05, 4.69) is 25.4 Å². The minimum atomic E-state index is -4.68. The Balaban J connectivity index is 0.00000271. The van der Waals surface area contributed by atoms with E-state index in [1.807, 2.05) is 18.2 Å². The van der Waals surface area contributed by atoms with Crippen LogP contribution in [-0.4, -0.2) is 46.1 Å². The van der Waals surface area contributed by atoms with Crippen molar-refractivity contribution in [1.82, 2.24) is 9.97 Å². The van der Waals surface area contributed by atoms with Crippen LogP contribution in [0.4, 0.5) is 22.7 Å². The van der Waals surface area contributed by atoms with Crippen molar-refractivity contribution >= 4 is 86.1 Å². The van der Waals surface area contributed by atoms with Gasteiger partial charge in [-0.2, -0.15) is 10.2 Å². The van der Waals surface area contributed by atoms with Gasteiger partial charge in [0.15, 0.2) is 11.4 Å². The van der Waals surface area contributed by atoms with Crippen molar-refractivity contribution in [2.75, 3.05) is 0 Å². The summed E-state index contributed by atoms with van der Waals surface area (Å²) in [6.45, 7) is 1.58. The summed E-state index contributed by atoms with van der Waals surface area (Å²) in [6, 6.07) is 23.1. The van der Waals surface area contributed by atoms with Gasteiger partial charge >= 0.3 is 59.1 Å². The smallest absolute Gasteiger partial charge is 0.744 e. The number of hydrogen-bond donors (Lipinski definition) is 2. The molecule has 0 radical (unpaired) electrons. The van der Waals surface area contributed by atoms with Gasteiger partial charge in [-0.3, -0.25) is 0 Å². The first-order valence-corrected chi connectivity index (χ1v) is 19.0. The molecule has 0 saturated carbocycles. The number of phenols is 2. The maximum Gasteiger partial charge on any atom is 1.00 e. The molecule has 0 unspecified atom stereocenters. The van der Waals surface area contributed by atoms with Gasteiger partial charge in [-0.25, -0.2) is 26.8 Å². The molecule has 2 heterocycles. The first-order valence-electron chi connectivity index (χ1n) is 14.6. The van der Waals surface area contributed by atoms with E-state index in [-0.39, 0.29) is 86.8 Å². The predicted molar refractivity (Wildman–Crippen MR) is 189 cm³/mol. The molecule has 0 spiro atoms. The average Bonchev–Trinajstić information content (AvgIpc) is 3.71. The molecule has 0 aliphatic rings. The summed E-state index contributed by atoms with van der Waals surface area (Å²) in [7, 11) is -9.30. The molecule has 0 aliphatic carbocycles. The maximum absolute atomic E-state index is 11.9. The fraction of sp³-hybridized carbons (Fsp3) is 0.0303. The Morgan fingerprint density at radius 1 is 0.642 bits per heavy atom. The van der Waals surface area contributed by atoms with E-state index in [9.17, 15) is 36.2 Å². The number of nitrogens with zero attached hydrogens (tertiary/aromatic N) is 6. The zero-order valence-electron chi connectivity index (χ0n) is 27.8. The molecule has 0 amide bonds. The Morgan fingerprint density at radius 3 is 1.89 bits per heavy atom. The van der Waals surface area contributed by atoms with E-state index in [0.29, 0.717) is 26.5 Å². The summed E-state index contributed by atoms with van der Waals surface area (Å²) in [5.74, 6) is -0.855. The number of aryl methyl sites for hydroxylation is 1. The zero-order valence-corrected chi connectivity index (χ0v) is 35.1. The molecule has 5 aromatic carbocycles. The predicted octanol–water partition coefficient (Wildman–Crippen LogP) is 2.61. The summed E-state index contributed by atoms with van der Waals surface area (Å²) >= 11 is 2.59. The molecule has 2 N–H and O–H groups in total. The number of azo groups is 2. The summed E-state index contributed by atoms with van der Waals surface area (Å²) in [5.41, 5.74) is 3.43. The van der Waals surface area contributed by atoms with Crippen LogP contribution in [-0.2, 0) is 20.2 Å². The van der Waals surface area contributed by atoms with Gasteiger partial charge in [-0.1, -0.05) is 6.07 Å². The number of hydrogen-bond acceptors (Lipinski definition) is 16. The first kappa shape index (κ1) is 40.7. The number of phenolic OH excluding ortho intramolecular Hbond substituents is 2. The molecule has 0 fully saturated rings. The standard InChI is InChI=1S/C33H22N6O8S4.2Na/c1-17-2-12-25-30(31(17)51(45,46)47)49-33(35-25)19-5-13-23-27(16-19)48-32(34-23)18-3-6-20(7-4-18)37-39-28-26(40)15-14-24(29(28)41)38-36-21-8-10-22(11-9-21)50(42,43)44;;/h2-16,40-41H,1H3,(H,42,43,44)(H,45,46,47);;/q;2*+1/p-2. The third-order valence-corrected chi connectivity index (χ3v) is 11.7. The Kier molecular flexibility index (Phi) is 12.3. The van der Waals surface area contributed by atoms with Crippen molar-refractivity contribution < 1.29 is 95.3 Å². The van der Waals surface area contributed by atoms with Gasteiger partial charge in [0.1, 0.15) is 41.7 Å². The zero-order chi connectivity index (χ0) is 36.1. The van der Waals surface area contributed by atoms with Crippen molar-refractivity contribution in [1.29, 1.82) is 0 Å². The topological polar surface area (TPSA) is 230 Å². The third kappa shape index (κ3) is 8.75. The molecule has 0 saturated heterocycles. The minimum absolute atomic E-state index is 0. The van der Waals surface area contributed by atoms with Gasteiger partial charge < -0.3 is 19.3 Å². The normalized spacial score (nSPS) is 12.1. The van der Waals surface area contributed by atoms with Crippen LogP contribution >= 0.6 is 22.7 Å². The van der Waals surface area contributed by atoms with Crippen molar-refractivity contribution in [3.8, 4) is 32.6 Å². The van der Waals surface area contributed by atoms with Crippen LogP contribution in [0.5, 0.6) is 11.5 Å². The average molecular weight is 803 g/mol. The maximum atomic E-state index is 11.9. The molecular formula is C33H20N6Na2O8S4. The van der Waals surface area contributed by atoms with Crippen LogP contribution in [0.25, 0.3) is 41.6 Å². The largest absolute Gasteiger partial charge is 1.00 e. The van der Waals surface area contributed by atoms with Crippen LogP contribution in [0.1, 0.15) is 5.56 Å². The molecule has 7 rings (SSSR count). The SMILES string of the molecule is Cc1ccc2nc(-c3ccc4nc(-c5ccc(N=Nc6c(O)ccc(N=Nc7ccc(S(=O)(=O)[O-])cc7)c6O)cc5)sc4c3)sc2c1S(=O)(=O)[O-].[Na+].[Na+]. The number of thiazole rings is 2. The van der Waals surface area contributed by atoms with Crippen molar-refractivity contribution in [3.05, 3.63) is 96.6 Å². The first-order chi connectivity index (χ1) is 24.2. The molecular weight excluding hydrogens is 783 g/mol. The van der Waals surface area contributed by atoms with Crippen molar-refractivity contribution in [2.45, 2.75) is 16.7 Å². The summed E-state index contributed by atoms with van der Waals surface area (Å²) in [4.78, 5) is 8.64. The van der Waals surface area contributed by atoms with E-state index < -0.39 is 30.9 Å². The monoisotopic (exact) mass is 802 g/mol. The fourth-order valence-electron chi connectivity index (χ4n) is 4.99. The summed E-state index contributed by atoms with van der Waals surface area (Å²) < 4.78 is 70.4. The quantitative estimate of drug-likeness (QED) is 0.130. The van der Waals surface area contributed by atoms with Gasteiger partial charge in [0.05, 0.1) is 41.6 Å². The molecule has 0 atom stereocenters. The Labute approximate surface area is 354 Å². The van der Waals surface area contributed by atoms with Crippen LogP contribution in [0, 0.1) is 6.92 Å². The molecule has 53 heavy (non-hydrogen) atoms. The molecule has 7 aromatic rings. The van der Waals surface area contributed by atoms with Gasteiger partial charge in [0, 0.05) is 11.1 Å². The van der Waals surface area contributed by atoms with Gasteiger partial charge in [0.2, 0.25) is 0 Å². The van der Waals surface area contributed by atoms with Crippen LogP contribution in [0.2, 0.25) is 0 Å². The number of aromatic hydroxyl groups is 2. The van der Waals surface area contributed by atoms with Gasteiger partial charge in [-0.15, -0.1) is 32.9 Å². The van der Waals surface area contributed by atoms with Crippen molar-refractivity contribution in [2.24, 2.45) is 20.5 Å². The van der Waals surface area contributed by atoms with E-state index >= 15 is 0 Å². The molecule has 0 bridgehead atoms. The van der Waals surface area contributed by atoms with E-state index in [1.165, 1.54) is 35.6 Å². The number of fused-ring (bicyclic) bond motifs is 2.